The maximum Gasteiger partial charge on any atom is 0.309 e. The van der Waals surface area contributed by atoms with E-state index in [0.29, 0.717) is 31.0 Å². The summed E-state index contributed by atoms with van der Waals surface area (Å²) in [5.41, 5.74) is 2.52. The van der Waals surface area contributed by atoms with Gasteiger partial charge in [0, 0.05) is 19.6 Å². The Bertz CT molecular complexity index is 865. The molecule has 0 radical (unpaired) electrons. The van der Waals surface area contributed by atoms with Crippen molar-refractivity contribution in [2.45, 2.75) is 33.1 Å². The molecule has 0 aromatic heterocycles. The van der Waals surface area contributed by atoms with Crippen molar-refractivity contribution in [3.8, 4) is 17.6 Å². The molecule has 1 saturated heterocycles. The van der Waals surface area contributed by atoms with Gasteiger partial charge in [-0.2, -0.15) is 5.26 Å². The Balaban J connectivity index is 1.52. The van der Waals surface area contributed by atoms with Crippen molar-refractivity contribution in [3.63, 3.8) is 0 Å². The van der Waals surface area contributed by atoms with E-state index in [1.165, 1.54) is 0 Å². The van der Waals surface area contributed by atoms with E-state index in [9.17, 15) is 10.1 Å². The summed E-state index contributed by atoms with van der Waals surface area (Å²) >= 11 is 0. The number of benzene rings is 2. The van der Waals surface area contributed by atoms with Crippen LogP contribution in [0, 0.1) is 17.2 Å². The number of ether oxygens (including phenoxy) is 2. The van der Waals surface area contributed by atoms with E-state index in [4.69, 9.17) is 14.6 Å². The largest absolute Gasteiger partial charge is 0.490 e. The number of aliphatic carboxylic acids is 1. The third kappa shape index (κ3) is 5.02. The number of carboxylic acid groups (broad SMARTS) is 1. The summed E-state index contributed by atoms with van der Waals surface area (Å²) in [5.74, 6) is 0.375. The summed E-state index contributed by atoms with van der Waals surface area (Å²) in [6.07, 6.45) is 0.0130. The first-order valence-electron chi connectivity index (χ1n) is 9.31. The zero-order chi connectivity index (χ0) is 20.1. The molecule has 0 bridgehead atoms. The Morgan fingerprint density at radius 3 is 2.50 bits per heavy atom. The SMILES string of the molecule is CC(C)Oc1ccc(COc2ccc(CN3CC(C(=O)O)C3)cc2)cc1C#N. The van der Waals surface area contributed by atoms with Gasteiger partial charge in [-0.3, -0.25) is 9.69 Å². The Labute approximate surface area is 164 Å². The van der Waals surface area contributed by atoms with E-state index in [0.717, 1.165) is 23.4 Å². The van der Waals surface area contributed by atoms with E-state index in [2.05, 4.69) is 11.0 Å². The van der Waals surface area contributed by atoms with Crippen molar-refractivity contribution >= 4 is 5.97 Å². The molecule has 1 N–H and O–H groups in total. The molecule has 1 aliphatic rings. The first-order chi connectivity index (χ1) is 13.4. The smallest absolute Gasteiger partial charge is 0.309 e. The maximum absolute atomic E-state index is 10.9. The second-order valence-electron chi connectivity index (χ2n) is 7.27. The van der Waals surface area contributed by atoms with Crippen LogP contribution in [0.3, 0.4) is 0 Å². The highest BCUT2D eigenvalue weighted by Gasteiger charge is 2.32. The number of hydrogen-bond donors (Lipinski definition) is 1. The second-order valence-corrected chi connectivity index (χ2v) is 7.27. The third-order valence-corrected chi connectivity index (χ3v) is 4.57. The zero-order valence-electron chi connectivity index (χ0n) is 16.1. The van der Waals surface area contributed by atoms with Crippen LogP contribution in [-0.2, 0) is 17.9 Å². The standard InChI is InChI=1S/C22H24N2O4/c1-15(2)28-21-8-5-17(9-18(21)10-23)14-27-20-6-3-16(4-7-20)11-24-12-19(13-24)22(25)26/h3-9,15,19H,11-14H2,1-2H3,(H,25,26). The molecule has 1 heterocycles. The second kappa shape index (κ2) is 8.77. The van der Waals surface area contributed by atoms with Gasteiger partial charge in [-0.1, -0.05) is 18.2 Å². The van der Waals surface area contributed by atoms with Crippen LogP contribution in [0.2, 0.25) is 0 Å². The summed E-state index contributed by atoms with van der Waals surface area (Å²) in [7, 11) is 0. The summed E-state index contributed by atoms with van der Waals surface area (Å²) in [6.45, 7) is 6.16. The van der Waals surface area contributed by atoms with Gasteiger partial charge in [0.15, 0.2) is 0 Å². The molecule has 0 atom stereocenters. The highest BCUT2D eigenvalue weighted by molar-refractivity contribution is 5.71. The van der Waals surface area contributed by atoms with Crippen molar-refractivity contribution in [2.75, 3.05) is 13.1 Å². The average Bonchev–Trinajstić information content (AvgIpc) is 2.63. The fourth-order valence-corrected chi connectivity index (χ4v) is 3.08. The van der Waals surface area contributed by atoms with Crippen LogP contribution in [0.4, 0.5) is 0 Å². The van der Waals surface area contributed by atoms with E-state index >= 15 is 0 Å². The molecule has 1 aliphatic heterocycles. The van der Waals surface area contributed by atoms with Crippen LogP contribution in [0.25, 0.3) is 0 Å². The van der Waals surface area contributed by atoms with Gasteiger partial charge in [0.2, 0.25) is 0 Å². The summed E-state index contributed by atoms with van der Waals surface area (Å²) < 4.78 is 11.5. The number of carboxylic acids is 1. The normalized spacial score (nSPS) is 14.4. The van der Waals surface area contributed by atoms with Crippen molar-refractivity contribution in [1.29, 1.82) is 5.26 Å². The predicted molar refractivity (Wildman–Crippen MR) is 104 cm³/mol. The molecule has 0 unspecified atom stereocenters. The van der Waals surface area contributed by atoms with Gasteiger partial charge >= 0.3 is 5.97 Å². The Morgan fingerprint density at radius 2 is 1.89 bits per heavy atom. The summed E-state index contributed by atoms with van der Waals surface area (Å²) in [6, 6.07) is 15.4. The van der Waals surface area contributed by atoms with Gasteiger partial charge in [0.05, 0.1) is 17.6 Å². The van der Waals surface area contributed by atoms with E-state index in [1.807, 2.05) is 44.2 Å². The molecule has 6 heteroatoms. The first-order valence-corrected chi connectivity index (χ1v) is 9.31. The van der Waals surface area contributed by atoms with Gasteiger partial charge in [-0.15, -0.1) is 0 Å². The van der Waals surface area contributed by atoms with Gasteiger partial charge in [-0.05, 0) is 49.2 Å². The van der Waals surface area contributed by atoms with Gasteiger partial charge < -0.3 is 14.6 Å². The highest BCUT2D eigenvalue weighted by atomic mass is 16.5. The summed E-state index contributed by atoms with van der Waals surface area (Å²) in [4.78, 5) is 13.0. The Kier molecular flexibility index (Phi) is 6.17. The number of likely N-dealkylation sites (tertiary alicyclic amines) is 1. The van der Waals surface area contributed by atoms with E-state index < -0.39 is 5.97 Å². The molecule has 2 aromatic carbocycles. The molecule has 28 heavy (non-hydrogen) atoms. The highest BCUT2D eigenvalue weighted by Crippen LogP contribution is 2.23. The molecule has 1 fully saturated rings. The molecular weight excluding hydrogens is 356 g/mol. The van der Waals surface area contributed by atoms with Gasteiger partial charge in [0.25, 0.3) is 0 Å². The van der Waals surface area contributed by atoms with Crippen molar-refractivity contribution in [1.82, 2.24) is 4.90 Å². The number of nitrogens with zero attached hydrogens (tertiary/aromatic N) is 2. The first kappa shape index (κ1) is 19.7. The van der Waals surface area contributed by atoms with Gasteiger partial charge in [0.1, 0.15) is 24.2 Å². The van der Waals surface area contributed by atoms with E-state index in [1.54, 1.807) is 12.1 Å². The lowest BCUT2D eigenvalue weighted by molar-refractivity contribution is -0.147. The molecule has 0 aliphatic carbocycles. The minimum absolute atomic E-state index is 0.0130. The van der Waals surface area contributed by atoms with Crippen molar-refractivity contribution < 1.29 is 19.4 Å². The lowest BCUT2D eigenvalue weighted by Crippen LogP contribution is -2.49. The Hall–Kier alpha value is -3.04. The molecule has 0 saturated carbocycles. The molecular formula is C22H24N2O4. The average molecular weight is 380 g/mol. The quantitative estimate of drug-likeness (QED) is 0.755. The van der Waals surface area contributed by atoms with Crippen LogP contribution >= 0.6 is 0 Å². The minimum Gasteiger partial charge on any atom is -0.490 e. The summed E-state index contributed by atoms with van der Waals surface area (Å²) in [5, 5.41) is 18.2. The fourth-order valence-electron chi connectivity index (χ4n) is 3.08. The third-order valence-electron chi connectivity index (χ3n) is 4.57. The van der Waals surface area contributed by atoms with Crippen LogP contribution in [-0.4, -0.2) is 35.2 Å². The molecule has 6 nitrogen and oxygen atoms in total. The van der Waals surface area contributed by atoms with Crippen LogP contribution in [0.15, 0.2) is 42.5 Å². The van der Waals surface area contributed by atoms with E-state index in [-0.39, 0.29) is 12.0 Å². The van der Waals surface area contributed by atoms with Gasteiger partial charge in [-0.25, -0.2) is 0 Å². The topological polar surface area (TPSA) is 82.8 Å². The van der Waals surface area contributed by atoms with Crippen LogP contribution in [0.5, 0.6) is 11.5 Å². The minimum atomic E-state index is -0.719. The predicted octanol–water partition coefficient (Wildman–Crippen LogP) is 3.44. The van der Waals surface area contributed by atoms with Crippen molar-refractivity contribution in [3.05, 3.63) is 59.2 Å². The van der Waals surface area contributed by atoms with Crippen molar-refractivity contribution in [2.24, 2.45) is 5.92 Å². The molecule has 3 rings (SSSR count). The maximum atomic E-state index is 10.9. The Morgan fingerprint density at radius 1 is 1.21 bits per heavy atom. The lowest BCUT2D eigenvalue weighted by atomic mass is 10.00. The number of hydrogen-bond acceptors (Lipinski definition) is 5. The number of nitriles is 1. The molecule has 146 valence electrons. The lowest BCUT2D eigenvalue weighted by Gasteiger charge is -2.36. The molecule has 0 spiro atoms. The number of carbonyl (C=O) groups is 1. The molecule has 2 aromatic rings. The van der Waals surface area contributed by atoms with Crippen LogP contribution < -0.4 is 9.47 Å². The number of rotatable bonds is 8. The molecule has 0 amide bonds. The monoisotopic (exact) mass is 380 g/mol. The fraction of sp³-hybridized carbons (Fsp3) is 0.364. The van der Waals surface area contributed by atoms with Crippen LogP contribution in [0.1, 0.15) is 30.5 Å². The zero-order valence-corrected chi connectivity index (χ0v) is 16.1.